The SMILES string of the molecule is Cl.NCCOc1ccc(CC(N)=O)cc1. The van der Waals surface area contributed by atoms with Crippen molar-refractivity contribution in [1.82, 2.24) is 0 Å². The van der Waals surface area contributed by atoms with Crippen LogP contribution in [0.4, 0.5) is 0 Å². The van der Waals surface area contributed by atoms with Crippen molar-refractivity contribution in [1.29, 1.82) is 0 Å². The third kappa shape index (κ3) is 5.24. The van der Waals surface area contributed by atoms with Gasteiger partial charge in [-0.25, -0.2) is 0 Å². The number of benzene rings is 1. The van der Waals surface area contributed by atoms with Gasteiger partial charge in [0.25, 0.3) is 0 Å². The molecule has 0 heterocycles. The quantitative estimate of drug-likeness (QED) is 0.772. The molecular formula is C10H15ClN2O2. The fourth-order valence-corrected chi connectivity index (χ4v) is 1.08. The first-order valence-electron chi connectivity index (χ1n) is 4.42. The predicted molar refractivity (Wildman–Crippen MR) is 61.1 cm³/mol. The highest BCUT2D eigenvalue weighted by Crippen LogP contribution is 2.11. The monoisotopic (exact) mass is 230 g/mol. The maximum Gasteiger partial charge on any atom is 0.221 e. The minimum absolute atomic E-state index is 0. The summed E-state index contributed by atoms with van der Waals surface area (Å²) in [7, 11) is 0. The molecule has 0 atom stereocenters. The van der Waals surface area contributed by atoms with Crippen molar-refractivity contribution in [3.05, 3.63) is 29.8 Å². The Hall–Kier alpha value is -1.26. The van der Waals surface area contributed by atoms with Crippen LogP contribution in [0.1, 0.15) is 5.56 Å². The number of hydrogen-bond donors (Lipinski definition) is 2. The Morgan fingerprint density at radius 1 is 1.27 bits per heavy atom. The van der Waals surface area contributed by atoms with E-state index in [0.29, 0.717) is 13.2 Å². The molecule has 0 saturated carbocycles. The molecule has 0 fully saturated rings. The normalized spacial score (nSPS) is 9.13. The predicted octanol–water partition coefficient (Wildman–Crippen LogP) is 0.474. The molecule has 84 valence electrons. The molecule has 0 aliphatic rings. The van der Waals surface area contributed by atoms with Crippen LogP contribution in [0.15, 0.2) is 24.3 Å². The van der Waals surface area contributed by atoms with Crippen LogP contribution in [-0.2, 0) is 11.2 Å². The summed E-state index contributed by atoms with van der Waals surface area (Å²) in [5, 5.41) is 0. The standard InChI is InChI=1S/C10H14N2O2.ClH/c11-5-6-14-9-3-1-8(2-4-9)7-10(12)13;/h1-4H,5-7,11H2,(H2,12,13);1H. The number of amides is 1. The summed E-state index contributed by atoms with van der Waals surface area (Å²) in [6.07, 6.45) is 0.261. The largest absolute Gasteiger partial charge is 0.492 e. The van der Waals surface area contributed by atoms with Gasteiger partial charge in [-0.05, 0) is 17.7 Å². The molecule has 1 amide bonds. The van der Waals surface area contributed by atoms with E-state index in [-0.39, 0.29) is 24.7 Å². The molecular weight excluding hydrogens is 216 g/mol. The zero-order valence-electron chi connectivity index (χ0n) is 8.31. The molecule has 5 heteroatoms. The highest BCUT2D eigenvalue weighted by molar-refractivity contribution is 5.85. The summed E-state index contributed by atoms with van der Waals surface area (Å²) in [5.74, 6) is 0.421. The maximum absolute atomic E-state index is 10.6. The van der Waals surface area contributed by atoms with Crippen LogP contribution in [0.25, 0.3) is 0 Å². The van der Waals surface area contributed by atoms with E-state index >= 15 is 0 Å². The molecule has 0 bridgehead atoms. The Morgan fingerprint density at radius 3 is 2.33 bits per heavy atom. The van der Waals surface area contributed by atoms with Crippen LogP contribution in [-0.4, -0.2) is 19.1 Å². The van der Waals surface area contributed by atoms with E-state index in [9.17, 15) is 4.79 Å². The first-order valence-corrected chi connectivity index (χ1v) is 4.42. The van der Waals surface area contributed by atoms with Gasteiger partial charge in [-0.1, -0.05) is 12.1 Å². The van der Waals surface area contributed by atoms with Gasteiger partial charge in [0.05, 0.1) is 6.42 Å². The molecule has 15 heavy (non-hydrogen) atoms. The van der Waals surface area contributed by atoms with Gasteiger partial charge < -0.3 is 16.2 Å². The van der Waals surface area contributed by atoms with E-state index in [0.717, 1.165) is 11.3 Å². The Kier molecular flexibility index (Phi) is 6.49. The summed E-state index contributed by atoms with van der Waals surface area (Å²) in [6, 6.07) is 7.23. The summed E-state index contributed by atoms with van der Waals surface area (Å²) in [4.78, 5) is 10.6. The summed E-state index contributed by atoms with van der Waals surface area (Å²) in [6.45, 7) is 0.984. The van der Waals surface area contributed by atoms with Gasteiger partial charge in [-0.3, -0.25) is 4.79 Å². The van der Waals surface area contributed by atoms with Crippen LogP contribution in [0, 0.1) is 0 Å². The second-order valence-corrected chi connectivity index (χ2v) is 2.92. The molecule has 1 rings (SSSR count). The number of carbonyl (C=O) groups is 1. The van der Waals surface area contributed by atoms with E-state index in [4.69, 9.17) is 16.2 Å². The maximum atomic E-state index is 10.6. The zero-order valence-corrected chi connectivity index (χ0v) is 9.13. The lowest BCUT2D eigenvalue weighted by Gasteiger charge is -2.04. The lowest BCUT2D eigenvalue weighted by Crippen LogP contribution is -2.13. The second kappa shape index (κ2) is 7.09. The van der Waals surface area contributed by atoms with Crippen LogP contribution in [0.5, 0.6) is 5.75 Å². The summed E-state index contributed by atoms with van der Waals surface area (Å²) >= 11 is 0. The summed E-state index contributed by atoms with van der Waals surface area (Å²) in [5.41, 5.74) is 11.2. The number of rotatable bonds is 5. The molecule has 4 nitrogen and oxygen atoms in total. The van der Waals surface area contributed by atoms with E-state index in [1.807, 2.05) is 12.1 Å². The lowest BCUT2D eigenvalue weighted by molar-refractivity contribution is -0.117. The first kappa shape index (κ1) is 13.7. The van der Waals surface area contributed by atoms with Crippen LogP contribution >= 0.6 is 12.4 Å². The average Bonchev–Trinajstić information content (AvgIpc) is 2.16. The third-order valence-corrected chi connectivity index (χ3v) is 1.69. The van der Waals surface area contributed by atoms with E-state index in [1.165, 1.54) is 0 Å². The van der Waals surface area contributed by atoms with Crippen molar-refractivity contribution in [2.75, 3.05) is 13.2 Å². The fourth-order valence-electron chi connectivity index (χ4n) is 1.08. The lowest BCUT2D eigenvalue weighted by atomic mass is 10.1. The molecule has 1 aromatic rings. The Morgan fingerprint density at radius 2 is 1.87 bits per heavy atom. The van der Waals surface area contributed by atoms with Crippen molar-refractivity contribution in [2.45, 2.75) is 6.42 Å². The van der Waals surface area contributed by atoms with Crippen LogP contribution in [0.3, 0.4) is 0 Å². The number of nitrogens with two attached hydrogens (primary N) is 2. The van der Waals surface area contributed by atoms with E-state index in [2.05, 4.69) is 0 Å². The van der Waals surface area contributed by atoms with Gasteiger partial charge >= 0.3 is 0 Å². The molecule has 0 aliphatic heterocycles. The number of primary amides is 1. The summed E-state index contributed by atoms with van der Waals surface area (Å²) < 4.78 is 5.27. The molecule has 0 saturated heterocycles. The second-order valence-electron chi connectivity index (χ2n) is 2.92. The molecule has 0 spiro atoms. The molecule has 0 aliphatic carbocycles. The number of ether oxygens (including phenoxy) is 1. The zero-order chi connectivity index (χ0) is 10.4. The topological polar surface area (TPSA) is 78.3 Å². The molecule has 4 N–H and O–H groups in total. The van der Waals surface area contributed by atoms with Gasteiger partial charge in [0, 0.05) is 6.54 Å². The minimum atomic E-state index is -0.333. The average molecular weight is 231 g/mol. The third-order valence-electron chi connectivity index (χ3n) is 1.69. The number of halogens is 1. The molecule has 0 aromatic heterocycles. The molecule has 0 unspecified atom stereocenters. The highest BCUT2D eigenvalue weighted by atomic mass is 35.5. The van der Waals surface area contributed by atoms with Crippen LogP contribution in [0.2, 0.25) is 0 Å². The Balaban J connectivity index is 0.00000196. The minimum Gasteiger partial charge on any atom is -0.492 e. The van der Waals surface area contributed by atoms with Crippen LogP contribution < -0.4 is 16.2 Å². The molecule has 0 radical (unpaired) electrons. The van der Waals surface area contributed by atoms with Crippen molar-refractivity contribution < 1.29 is 9.53 Å². The van der Waals surface area contributed by atoms with Crippen molar-refractivity contribution in [3.63, 3.8) is 0 Å². The smallest absolute Gasteiger partial charge is 0.221 e. The van der Waals surface area contributed by atoms with Gasteiger partial charge in [0.15, 0.2) is 0 Å². The highest BCUT2D eigenvalue weighted by Gasteiger charge is 1.98. The first-order chi connectivity index (χ1) is 6.72. The van der Waals surface area contributed by atoms with Gasteiger partial charge in [0.2, 0.25) is 5.91 Å². The van der Waals surface area contributed by atoms with Gasteiger partial charge in [-0.15, -0.1) is 12.4 Å². The Labute approximate surface area is 95.0 Å². The Bertz CT molecular complexity index is 301. The number of hydrogen-bond acceptors (Lipinski definition) is 3. The van der Waals surface area contributed by atoms with Crippen molar-refractivity contribution in [3.8, 4) is 5.75 Å². The van der Waals surface area contributed by atoms with E-state index < -0.39 is 0 Å². The fraction of sp³-hybridized carbons (Fsp3) is 0.300. The molecule has 1 aromatic carbocycles. The number of carbonyl (C=O) groups excluding carboxylic acids is 1. The van der Waals surface area contributed by atoms with Crippen molar-refractivity contribution in [2.24, 2.45) is 11.5 Å². The van der Waals surface area contributed by atoms with Gasteiger partial charge in [0.1, 0.15) is 12.4 Å². The van der Waals surface area contributed by atoms with Gasteiger partial charge in [-0.2, -0.15) is 0 Å². The van der Waals surface area contributed by atoms with E-state index in [1.54, 1.807) is 12.1 Å². The van der Waals surface area contributed by atoms with Crippen molar-refractivity contribution >= 4 is 18.3 Å².